The molecule has 0 aliphatic rings. The normalized spacial score (nSPS) is 14.1. The quantitative estimate of drug-likeness (QED) is 0.749. The summed E-state index contributed by atoms with van der Waals surface area (Å²) in [6.45, 7) is 4.15. The van der Waals surface area contributed by atoms with Gasteiger partial charge in [0.05, 0.1) is 0 Å². The van der Waals surface area contributed by atoms with Crippen molar-refractivity contribution in [3.8, 4) is 0 Å². The Morgan fingerprint density at radius 3 is 2.47 bits per heavy atom. The molecule has 0 fully saturated rings. The Bertz CT molecular complexity index is 363. The number of aromatic nitrogens is 1. The van der Waals surface area contributed by atoms with E-state index in [4.69, 9.17) is 0 Å². The lowest BCUT2D eigenvalue weighted by atomic mass is 10.0. The standard InChI is InChI=1S/C12H15BrF3N/c1-8(2)6-9(13)7-10-4-3-5-11(17-10)12(14,15)16/h3-5,8-9H,6-7H2,1-2H3. The van der Waals surface area contributed by atoms with Gasteiger partial charge in [-0.2, -0.15) is 13.2 Å². The van der Waals surface area contributed by atoms with Crippen molar-refractivity contribution in [1.82, 2.24) is 4.98 Å². The van der Waals surface area contributed by atoms with Crippen molar-refractivity contribution in [3.63, 3.8) is 0 Å². The molecule has 96 valence electrons. The molecule has 0 saturated carbocycles. The molecule has 1 nitrogen and oxygen atoms in total. The minimum Gasteiger partial charge on any atom is -0.248 e. The van der Waals surface area contributed by atoms with Gasteiger partial charge in [0.2, 0.25) is 0 Å². The van der Waals surface area contributed by atoms with E-state index in [0.29, 0.717) is 18.0 Å². The summed E-state index contributed by atoms with van der Waals surface area (Å²) in [6, 6.07) is 4.03. The van der Waals surface area contributed by atoms with Gasteiger partial charge in [0.15, 0.2) is 0 Å². The van der Waals surface area contributed by atoms with Crippen LogP contribution in [0.5, 0.6) is 0 Å². The van der Waals surface area contributed by atoms with E-state index in [1.54, 1.807) is 6.07 Å². The van der Waals surface area contributed by atoms with Crippen LogP contribution < -0.4 is 0 Å². The number of rotatable bonds is 4. The van der Waals surface area contributed by atoms with E-state index < -0.39 is 11.9 Å². The summed E-state index contributed by atoms with van der Waals surface area (Å²) in [5.74, 6) is 0.505. The van der Waals surface area contributed by atoms with Crippen molar-refractivity contribution in [3.05, 3.63) is 29.6 Å². The van der Waals surface area contributed by atoms with Crippen molar-refractivity contribution >= 4 is 15.9 Å². The van der Waals surface area contributed by atoms with Gasteiger partial charge >= 0.3 is 6.18 Å². The van der Waals surface area contributed by atoms with Gasteiger partial charge in [-0.05, 0) is 24.5 Å². The molecule has 1 aromatic rings. The Balaban J connectivity index is 2.72. The zero-order chi connectivity index (χ0) is 13.1. The Kier molecular flexibility index (Phi) is 4.98. The van der Waals surface area contributed by atoms with Crippen molar-refractivity contribution in [2.45, 2.75) is 37.7 Å². The van der Waals surface area contributed by atoms with Crippen LogP contribution in [0.1, 0.15) is 31.7 Å². The van der Waals surface area contributed by atoms with Gasteiger partial charge in [-0.3, -0.25) is 0 Å². The van der Waals surface area contributed by atoms with Crippen LogP contribution in [-0.2, 0) is 12.6 Å². The van der Waals surface area contributed by atoms with E-state index in [9.17, 15) is 13.2 Å². The van der Waals surface area contributed by atoms with Gasteiger partial charge in [-0.15, -0.1) is 0 Å². The molecular weight excluding hydrogens is 295 g/mol. The SMILES string of the molecule is CC(C)CC(Br)Cc1cccc(C(F)(F)F)n1. The fourth-order valence-electron chi connectivity index (χ4n) is 1.57. The molecule has 0 aliphatic carbocycles. The molecule has 0 bridgehead atoms. The molecule has 0 spiro atoms. The van der Waals surface area contributed by atoms with E-state index in [2.05, 4.69) is 34.8 Å². The highest BCUT2D eigenvalue weighted by Crippen LogP contribution is 2.28. The molecule has 1 atom stereocenters. The Labute approximate surface area is 108 Å². The van der Waals surface area contributed by atoms with Crippen LogP contribution in [0.3, 0.4) is 0 Å². The number of nitrogens with zero attached hydrogens (tertiary/aromatic N) is 1. The molecule has 5 heteroatoms. The third-order valence-electron chi connectivity index (χ3n) is 2.25. The molecule has 0 N–H and O–H groups in total. The van der Waals surface area contributed by atoms with Crippen molar-refractivity contribution in [1.29, 1.82) is 0 Å². The third kappa shape index (κ3) is 5.06. The molecule has 17 heavy (non-hydrogen) atoms. The summed E-state index contributed by atoms with van der Waals surface area (Å²) in [6.07, 6.45) is -2.93. The average Bonchev–Trinajstić information content (AvgIpc) is 2.15. The molecule has 0 aliphatic heterocycles. The molecule has 0 saturated heterocycles. The van der Waals surface area contributed by atoms with E-state index in [0.717, 1.165) is 12.5 Å². The lowest BCUT2D eigenvalue weighted by Gasteiger charge is -2.13. The molecule has 0 aromatic carbocycles. The van der Waals surface area contributed by atoms with E-state index in [1.807, 2.05) is 0 Å². The van der Waals surface area contributed by atoms with Crippen LogP contribution in [0.4, 0.5) is 13.2 Å². The van der Waals surface area contributed by atoms with E-state index >= 15 is 0 Å². The number of pyridine rings is 1. The first-order chi connectivity index (χ1) is 7.79. The van der Waals surface area contributed by atoms with Crippen LogP contribution in [-0.4, -0.2) is 9.81 Å². The maximum atomic E-state index is 12.4. The molecule has 1 heterocycles. The first-order valence-electron chi connectivity index (χ1n) is 5.46. The minimum atomic E-state index is -4.37. The highest BCUT2D eigenvalue weighted by molar-refractivity contribution is 9.09. The number of halogens is 4. The fourth-order valence-corrected chi connectivity index (χ4v) is 2.65. The predicted octanol–water partition coefficient (Wildman–Crippen LogP) is 4.45. The smallest absolute Gasteiger partial charge is 0.248 e. The Morgan fingerprint density at radius 2 is 1.94 bits per heavy atom. The average molecular weight is 310 g/mol. The molecule has 0 amide bonds. The lowest BCUT2D eigenvalue weighted by Crippen LogP contribution is -2.12. The Hall–Kier alpha value is -0.580. The van der Waals surface area contributed by atoms with Gasteiger partial charge in [-0.1, -0.05) is 35.8 Å². The van der Waals surface area contributed by atoms with Crippen LogP contribution in [0, 0.1) is 5.92 Å². The highest BCUT2D eigenvalue weighted by atomic mass is 79.9. The second kappa shape index (κ2) is 5.85. The van der Waals surface area contributed by atoms with Gasteiger partial charge < -0.3 is 0 Å². The largest absolute Gasteiger partial charge is 0.433 e. The first kappa shape index (κ1) is 14.5. The van der Waals surface area contributed by atoms with Crippen LogP contribution in [0.2, 0.25) is 0 Å². The van der Waals surface area contributed by atoms with Gasteiger partial charge in [0.25, 0.3) is 0 Å². The summed E-state index contributed by atoms with van der Waals surface area (Å²) in [7, 11) is 0. The molecule has 1 rings (SSSR count). The van der Waals surface area contributed by atoms with E-state index in [-0.39, 0.29) is 4.83 Å². The minimum absolute atomic E-state index is 0.165. The Morgan fingerprint density at radius 1 is 1.29 bits per heavy atom. The number of alkyl halides is 4. The molecule has 1 unspecified atom stereocenters. The second-order valence-electron chi connectivity index (χ2n) is 4.44. The topological polar surface area (TPSA) is 12.9 Å². The van der Waals surface area contributed by atoms with Crippen LogP contribution >= 0.6 is 15.9 Å². The molecule has 0 radical (unpaired) electrons. The summed E-state index contributed by atoms with van der Waals surface area (Å²) < 4.78 is 37.3. The first-order valence-corrected chi connectivity index (χ1v) is 6.38. The predicted molar refractivity (Wildman–Crippen MR) is 65.1 cm³/mol. The highest BCUT2D eigenvalue weighted by Gasteiger charge is 2.32. The summed E-state index contributed by atoms with van der Waals surface area (Å²) in [4.78, 5) is 3.80. The zero-order valence-electron chi connectivity index (χ0n) is 9.76. The molecule has 1 aromatic heterocycles. The second-order valence-corrected chi connectivity index (χ2v) is 5.74. The number of hydrogen-bond donors (Lipinski definition) is 0. The van der Waals surface area contributed by atoms with Crippen molar-refractivity contribution in [2.75, 3.05) is 0 Å². The van der Waals surface area contributed by atoms with Crippen LogP contribution in [0.15, 0.2) is 18.2 Å². The number of hydrogen-bond acceptors (Lipinski definition) is 1. The van der Waals surface area contributed by atoms with Gasteiger partial charge in [0.1, 0.15) is 5.69 Å². The zero-order valence-corrected chi connectivity index (χ0v) is 11.3. The summed E-state index contributed by atoms with van der Waals surface area (Å²) in [5, 5.41) is 0. The maximum absolute atomic E-state index is 12.4. The van der Waals surface area contributed by atoms with Crippen molar-refractivity contribution < 1.29 is 13.2 Å². The third-order valence-corrected chi connectivity index (χ3v) is 2.95. The molecular formula is C12H15BrF3N. The summed E-state index contributed by atoms with van der Waals surface area (Å²) in [5.41, 5.74) is -0.346. The van der Waals surface area contributed by atoms with Crippen molar-refractivity contribution in [2.24, 2.45) is 5.92 Å². The van der Waals surface area contributed by atoms with Crippen LogP contribution in [0.25, 0.3) is 0 Å². The van der Waals surface area contributed by atoms with Gasteiger partial charge in [-0.25, -0.2) is 4.98 Å². The summed E-state index contributed by atoms with van der Waals surface area (Å²) >= 11 is 3.47. The van der Waals surface area contributed by atoms with E-state index in [1.165, 1.54) is 6.07 Å². The monoisotopic (exact) mass is 309 g/mol. The lowest BCUT2D eigenvalue weighted by molar-refractivity contribution is -0.141. The maximum Gasteiger partial charge on any atom is 0.433 e. The van der Waals surface area contributed by atoms with Gasteiger partial charge in [0, 0.05) is 16.9 Å². The fraction of sp³-hybridized carbons (Fsp3) is 0.583.